The first kappa shape index (κ1) is 28.9. The predicted octanol–water partition coefficient (Wildman–Crippen LogP) is 5.65. The Kier molecular flexibility index (Phi) is 8.21. The van der Waals surface area contributed by atoms with Crippen LogP contribution in [0.3, 0.4) is 0 Å². The molecule has 1 saturated heterocycles. The second-order valence-electron chi connectivity index (χ2n) is 11.1. The zero-order chi connectivity index (χ0) is 30.1. The van der Waals surface area contributed by atoms with Crippen LogP contribution in [0, 0.1) is 6.92 Å². The van der Waals surface area contributed by atoms with Crippen LogP contribution in [0.5, 0.6) is 5.75 Å². The van der Waals surface area contributed by atoms with Gasteiger partial charge in [-0.15, -0.1) is 0 Å². The quantitative estimate of drug-likeness (QED) is 0.246. The minimum atomic E-state index is -0.751. The molecule has 0 unspecified atom stereocenters. The average Bonchev–Trinajstić information content (AvgIpc) is 3.64. The number of carbonyl (C=O) groups excluding carboxylic acids is 1. The van der Waals surface area contributed by atoms with E-state index in [2.05, 4.69) is 36.9 Å². The number of fused-ring (bicyclic) bond motifs is 2. The third-order valence-electron chi connectivity index (χ3n) is 8.28. The number of hydrogen-bond donors (Lipinski definition) is 0. The summed E-state index contributed by atoms with van der Waals surface area (Å²) in [6.07, 6.45) is 5.76. The second-order valence-corrected chi connectivity index (χ2v) is 12.1. The highest BCUT2D eigenvalue weighted by molar-refractivity contribution is 7.07. The van der Waals surface area contributed by atoms with Crippen LogP contribution in [-0.2, 0) is 9.53 Å². The van der Waals surface area contributed by atoms with Crippen molar-refractivity contribution in [2.75, 3.05) is 31.7 Å². The fourth-order valence-electron chi connectivity index (χ4n) is 6.36. The van der Waals surface area contributed by atoms with E-state index in [1.807, 2.05) is 42.5 Å². The molecule has 222 valence electrons. The molecule has 0 amide bonds. The van der Waals surface area contributed by atoms with Gasteiger partial charge in [-0.05, 0) is 79.3 Å². The number of benzene rings is 3. The smallest absolute Gasteiger partial charge is 0.338 e. The second kappa shape index (κ2) is 12.2. The summed E-state index contributed by atoms with van der Waals surface area (Å²) < 4.78 is 13.7. The molecule has 0 N–H and O–H groups in total. The molecule has 2 aliphatic rings. The van der Waals surface area contributed by atoms with Crippen molar-refractivity contribution in [1.82, 2.24) is 4.57 Å². The van der Waals surface area contributed by atoms with Crippen LogP contribution >= 0.6 is 11.3 Å². The van der Waals surface area contributed by atoms with Gasteiger partial charge in [-0.1, -0.05) is 61.1 Å². The lowest BCUT2D eigenvalue weighted by molar-refractivity contribution is -0.139. The van der Waals surface area contributed by atoms with Crippen molar-refractivity contribution < 1.29 is 14.3 Å². The highest BCUT2D eigenvalue weighted by atomic mass is 32.1. The summed E-state index contributed by atoms with van der Waals surface area (Å²) in [7, 11) is 1.62. The van der Waals surface area contributed by atoms with Gasteiger partial charge in [0.25, 0.3) is 5.56 Å². The summed E-state index contributed by atoms with van der Waals surface area (Å²) in [5.74, 6) is 0.142. The first-order valence-electron chi connectivity index (χ1n) is 15.1. The van der Waals surface area contributed by atoms with Crippen molar-refractivity contribution in [3.63, 3.8) is 0 Å². The lowest BCUT2D eigenvalue weighted by Crippen LogP contribution is -2.40. The summed E-state index contributed by atoms with van der Waals surface area (Å²) in [5, 5.41) is 1.90. The Morgan fingerprint density at radius 3 is 2.60 bits per heavy atom. The lowest BCUT2D eigenvalue weighted by atomic mass is 9.90. The van der Waals surface area contributed by atoms with Crippen LogP contribution < -0.4 is 24.5 Å². The van der Waals surface area contributed by atoms with Crippen LogP contribution in [-0.4, -0.2) is 37.3 Å². The zero-order valence-corrected chi connectivity index (χ0v) is 26.0. The number of hydrogen-bond acceptors (Lipinski definition) is 7. The Labute approximate surface area is 255 Å². The van der Waals surface area contributed by atoms with Gasteiger partial charge in [-0.2, -0.15) is 0 Å². The summed E-state index contributed by atoms with van der Waals surface area (Å²) in [6, 6.07) is 17.5. The van der Waals surface area contributed by atoms with Gasteiger partial charge in [0, 0.05) is 24.3 Å². The molecule has 7 nitrogen and oxygen atoms in total. The Bertz CT molecular complexity index is 1910. The highest BCUT2D eigenvalue weighted by Crippen LogP contribution is 2.41. The van der Waals surface area contributed by atoms with Gasteiger partial charge in [0.1, 0.15) is 11.8 Å². The van der Waals surface area contributed by atoms with Crippen molar-refractivity contribution in [2.45, 2.75) is 52.5 Å². The van der Waals surface area contributed by atoms with Crippen molar-refractivity contribution in [1.29, 1.82) is 0 Å². The molecule has 0 radical (unpaired) electrons. The van der Waals surface area contributed by atoms with E-state index in [0.29, 0.717) is 32.8 Å². The minimum absolute atomic E-state index is 0.192. The molecule has 4 aromatic rings. The van der Waals surface area contributed by atoms with E-state index in [1.165, 1.54) is 35.4 Å². The van der Waals surface area contributed by atoms with Crippen LogP contribution in [0.2, 0.25) is 0 Å². The number of allylic oxidation sites excluding steroid dienone is 1. The first-order chi connectivity index (χ1) is 20.9. The molecule has 0 bridgehead atoms. The Morgan fingerprint density at radius 1 is 1.09 bits per heavy atom. The Balaban J connectivity index is 1.59. The number of nitrogens with zero attached hydrogens (tertiary/aromatic N) is 3. The fraction of sp³-hybridized carbons (Fsp3) is 0.343. The Morgan fingerprint density at radius 2 is 1.88 bits per heavy atom. The summed E-state index contributed by atoms with van der Waals surface area (Å²) in [4.78, 5) is 36.0. The highest BCUT2D eigenvalue weighted by Gasteiger charge is 2.37. The number of thiazole rings is 1. The number of aromatic nitrogens is 1. The average molecular weight is 596 g/mol. The summed E-state index contributed by atoms with van der Waals surface area (Å²) in [6.45, 7) is 8.36. The molecule has 8 heteroatoms. The molecule has 6 rings (SSSR count). The zero-order valence-electron chi connectivity index (χ0n) is 25.2. The predicted molar refractivity (Wildman–Crippen MR) is 173 cm³/mol. The van der Waals surface area contributed by atoms with E-state index in [1.54, 1.807) is 18.6 Å². The Hall–Kier alpha value is -4.17. The van der Waals surface area contributed by atoms with Crippen LogP contribution in [0.4, 0.5) is 5.69 Å². The summed E-state index contributed by atoms with van der Waals surface area (Å²) in [5.41, 5.74) is 5.01. The molecular weight excluding hydrogens is 558 g/mol. The van der Waals surface area contributed by atoms with E-state index >= 15 is 0 Å². The molecule has 43 heavy (non-hydrogen) atoms. The van der Waals surface area contributed by atoms with E-state index in [4.69, 9.17) is 14.5 Å². The molecule has 1 aromatic heterocycles. The molecule has 1 fully saturated rings. The molecule has 0 aliphatic carbocycles. The SMILES string of the molecule is CCCC1=C(C(=O)OCC)[C@H](c2c(OC)ccc3ccccc23)n2c(s/c(=C/c3ccc(N4CCCC4)c(C)c3)c2=O)=N1. The topological polar surface area (TPSA) is 73.1 Å². The van der Waals surface area contributed by atoms with Gasteiger partial charge in [0.05, 0.1) is 29.5 Å². The molecular formula is C35H37N3O4S. The monoisotopic (exact) mass is 595 g/mol. The van der Waals surface area contributed by atoms with Crippen molar-refractivity contribution in [3.05, 3.63) is 102 Å². The molecule has 3 heterocycles. The van der Waals surface area contributed by atoms with Crippen molar-refractivity contribution >= 4 is 39.8 Å². The standard InChI is InChI=1S/C35H37N3O4S/c1-5-11-26-31(34(40)42-6-2)32(30-25-13-8-7-12-24(25)15-17-28(30)41-4)38-33(39)29(43-35(38)36-26)21-23-14-16-27(22(3)20-23)37-18-9-10-19-37/h7-8,12-17,20-21,32H,5-6,9-11,18-19H2,1-4H3/b29-21+/t32-/m0/s1. The third kappa shape index (κ3) is 5.29. The minimum Gasteiger partial charge on any atom is -0.496 e. The molecule has 3 aromatic carbocycles. The van der Waals surface area contributed by atoms with Crippen molar-refractivity contribution in [3.8, 4) is 5.75 Å². The number of anilines is 1. The van der Waals surface area contributed by atoms with Gasteiger partial charge in [0.15, 0.2) is 4.80 Å². The first-order valence-corrected chi connectivity index (χ1v) is 15.9. The third-order valence-corrected chi connectivity index (χ3v) is 9.26. The number of rotatable bonds is 8. The number of ether oxygens (including phenoxy) is 2. The van der Waals surface area contributed by atoms with Gasteiger partial charge < -0.3 is 14.4 Å². The normalized spacial score (nSPS) is 16.9. The lowest BCUT2D eigenvalue weighted by Gasteiger charge is -2.28. The van der Waals surface area contributed by atoms with E-state index in [9.17, 15) is 9.59 Å². The van der Waals surface area contributed by atoms with Gasteiger partial charge in [-0.3, -0.25) is 9.36 Å². The maximum Gasteiger partial charge on any atom is 0.338 e. The van der Waals surface area contributed by atoms with Crippen LogP contribution in [0.25, 0.3) is 16.8 Å². The maximum absolute atomic E-state index is 14.3. The fourth-order valence-corrected chi connectivity index (χ4v) is 7.38. The largest absolute Gasteiger partial charge is 0.496 e. The molecule has 1 atom stereocenters. The van der Waals surface area contributed by atoms with Crippen LogP contribution in [0.15, 0.2) is 75.7 Å². The van der Waals surface area contributed by atoms with E-state index in [0.717, 1.165) is 41.4 Å². The van der Waals surface area contributed by atoms with Gasteiger partial charge in [0.2, 0.25) is 0 Å². The van der Waals surface area contributed by atoms with Gasteiger partial charge in [-0.25, -0.2) is 9.79 Å². The van der Waals surface area contributed by atoms with Gasteiger partial charge >= 0.3 is 5.97 Å². The molecule has 2 aliphatic heterocycles. The van der Waals surface area contributed by atoms with E-state index in [-0.39, 0.29) is 12.2 Å². The van der Waals surface area contributed by atoms with Crippen molar-refractivity contribution in [2.24, 2.45) is 4.99 Å². The number of aryl methyl sites for hydroxylation is 1. The van der Waals surface area contributed by atoms with E-state index < -0.39 is 12.0 Å². The number of carbonyl (C=O) groups is 1. The number of methoxy groups -OCH3 is 1. The number of esters is 1. The van der Waals surface area contributed by atoms with Crippen LogP contribution in [0.1, 0.15) is 62.3 Å². The molecule has 0 spiro atoms. The molecule has 0 saturated carbocycles. The maximum atomic E-state index is 14.3. The summed E-state index contributed by atoms with van der Waals surface area (Å²) >= 11 is 1.36.